The van der Waals surface area contributed by atoms with E-state index in [1.165, 1.54) is 37.0 Å². The van der Waals surface area contributed by atoms with Gasteiger partial charge in [-0.25, -0.2) is 0 Å². The molecule has 0 radical (unpaired) electrons. The molecule has 1 aromatic heterocycles. The number of fused-ring (bicyclic) bond motifs is 1. The molecule has 0 N–H and O–H groups in total. The van der Waals surface area contributed by atoms with Crippen LogP contribution in [0.1, 0.15) is 12.8 Å². The lowest BCUT2D eigenvalue weighted by Gasteiger charge is -2.17. The van der Waals surface area contributed by atoms with Crippen LogP contribution >= 0.6 is 15.9 Å². The molecule has 1 aliphatic rings. The Morgan fingerprint density at radius 2 is 1.94 bits per heavy atom. The molecule has 3 heteroatoms. The molecular weight excluding hydrogens is 264 g/mol. The van der Waals surface area contributed by atoms with Crippen molar-refractivity contribution in [2.24, 2.45) is 0 Å². The first-order valence-corrected chi connectivity index (χ1v) is 6.42. The summed E-state index contributed by atoms with van der Waals surface area (Å²) in [6, 6.07) is 8.64. The van der Waals surface area contributed by atoms with E-state index >= 15 is 0 Å². The van der Waals surface area contributed by atoms with Gasteiger partial charge in [0, 0.05) is 34.8 Å². The predicted octanol–water partition coefficient (Wildman–Crippen LogP) is 3.60. The highest BCUT2D eigenvalue weighted by molar-refractivity contribution is 9.10. The summed E-state index contributed by atoms with van der Waals surface area (Å²) >= 11 is 3.46. The third kappa shape index (κ3) is 1.80. The molecule has 2 nitrogen and oxygen atoms in total. The Balaban J connectivity index is 2.07. The van der Waals surface area contributed by atoms with Gasteiger partial charge in [0.15, 0.2) is 0 Å². The fourth-order valence-corrected chi connectivity index (χ4v) is 2.61. The number of halogens is 1. The highest BCUT2D eigenvalue weighted by Gasteiger charge is 2.12. The Morgan fingerprint density at radius 1 is 1.12 bits per heavy atom. The SMILES string of the molecule is Brc1cnc2ccc(N3CCCC3)cc2c1. The fraction of sp³-hybridized carbons (Fsp3) is 0.308. The van der Waals surface area contributed by atoms with Crippen LogP contribution in [0, 0.1) is 0 Å². The number of nitrogens with zero attached hydrogens (tertiary/aromatic N) is 2. The van der Waals surface area contributed by atoms with Gasteiger partial charge < -0.3 is 4.90 Å². The van der Waals surface area contributed by atoms with E-state index in [-0.39, 0.29) is 0 Å². The van der Waals surface area contributed by atoms with E-state index in [0.717, 1.165) is 9.99 Å². The number of rotatable bonds is 1. The molecule has 1 aliphatic heterocycles. The van der Waals surface area contributed by atoms with Crippen molar-refractivity contribution < 1.29 is 0 Å². The minimum Gasteiger partial charge on any atom is -0.372 e. The Kier molecular flexibility index (Phi) is 2.56. The van der Waals surface area contributed by atoms with Crippen molar-refractivity contribution in [3.63, 3.8) is 0 Å². The minimum absolute atomic E-state index is 1.04. The topological polar surface area (TPSA) is 16.1 Å². The van der Waals surface area contributed by atoms with Gasteiger partial charge in [0.1, 0.15) is 0 Å². The van der Waals surface area contributed by atoms with Crippen molar-refractivity contribution >= 4 is 32.5 Å². The van der Waals surface area contributed by atoms with Crippen LogP contribution in [0.3, 0.4) is 0 Å². The van der Waals surface area contributed by atoms with Crippen LogP contribution in [0.4, 0.5) is 5.69 Å². The number of benzene rings is 1. The Hall–Kier alpha value is -1.09. The van der Waals surface area contributed by atoms with E-state index in [2.05, 4.69) is 50.1 Å². The number of hydrogen-bond donors (Lipinski definition) is 0. The number of hydrogen-bond acceptors (Lipinski definition) is 2. The van der Waals surface area contributed by atoms with Crippen LogP contribution in [0.5, 0.6) is 0 Å². The second-order valence-corrected chi connectivity index (χ2v) is 5.14. The van der Waals surface area contributed by atoms with Gasteiger partial charge in [-0.2, -0.15) is 0 Å². The largest absolute Gasteiger partial charge is 0.372 e. The Labute approximate surface area is 103 Å². The lowest BCUT2D eigenvalue weighted by atomic mass is 10.2. The van der Waals surface area contributed by atoms with E-state index in [0.29, 0.717) is 0 Å². The molecule has 1 saturated heterocycles. The number of anilines is 1. The van der Waals surface area contributed by atoms with Gasteiger partial charge in [-0.3, -0.25) is 4.98 Å². The molecule has 1 fully saturated rings. The van der Waals surface area contributed by atoms with E-state index in [1.54, 1.807) is 0 Å². The predicted molar refractivity (Wildman–Crippen MR) is 70.9 cm³/mol. The van der Waals surface area contributed by atoms with Gasteiger partial charge in [-0.15, -0.1) is 0 Å². The zero-order valence-electron chi connectivity index (χ0n) is 8.99. The first-order chi connectivity index (χ1) is 7.83. The van der Waals surface area contributed by atoms with E-state index in [9.17, 15) is 0 Å². The lowest BCUT2D eigenvalue weighted by molar-refractivity contribution is 0.949. The highest BCUT2D eigenvalue weighted by atomic mass is 79.9. The molecule has 0 saturated carbocycles. The minimum atomic E-state index is 1.04. The second-order valence-electron chi connectivity index (χ2n) is 4.22. The summed E-state index contributed by atoms with van der Waals surface area (Å²) in [5.74, 6) is 0. The summed E-state index contributed by atoms with van der Waals surface area (Å²) in [5, 5.41) is 1.21. The maximum atomic E-state index is 4.38. The van der Waals surface area contributed by atoms with Crippen molar-refractivity contribution in [2.45, 2.75) is 12.8 Å². The van der Waals surface area contributed by atoms with Gasteiger partial charge in [-0.05, 0) is 53.0 Å². The molecule has 16 heavy (non-hydrogen) atoms. The van der Waals surface area contributed by atoms with Crippen molar-refractivity contribution in [1.29, 1.82) is 0 Å². The van der Waals surface area contributed by atoms with Gasteiger partial charge in [0.05, 0.1) is 5.52 Å². The zero-order chi connectivity index (χ0) is 11.0. The first-order valence-electron chi connectivity index (χ1n) is 5.63. The Bertz CT molecular complexity index is 518. The van der Waals surface area contributed by atoms with Crippen LogP contribution in [0.15, 0.2) is 34.9 Å². The summed E-state index contributed by atoms with van der Waals surface area (Å²) in [4.78, 5) is 6.83. The van der Waals surface area contributed by atoms with Crippen molar-refractivity contribution in [2.75, 3.05) is 18.0 Å². The standard InChI is InChI=1S/C13H13BrN2/c14-11-7-10-8-12(16-5-1-2-6-16)3-4-13(10)15-9-11/h3-4,7-9H,1-2,5-6H2. The van der Waals surface area contributed by atoms with Crippen molar-refractivity contribution in [1.82, 2.24) is 4.98 Å². The molecule has 2 aromatic rings. The molecule has 2 heterocycles. The molecule has 0 bridgehead atoms. The van der Waals surface area contributed by atoms with E-state index in [1.807, 2.05) is 6.20 Å². The first kappa shape index (κ1) is 10.1. The molecule has 0 aliphatic carbocycles. The van der Waals surface area contributed by atoms with Crippen LogP contribution < -0.4 is 4.90 Å². The number of pyridine rings is 1. The molecule has 0 atom stereocenters. The van der Waals surface area contributed by atoms with Crippen molar-refractivity contribution in [3.05, 3.63) is 34.9 Å². The fourth-order valence-electron chi connectivity index (χ4n) is 2.26. The van der Waals surface area contributed by atoms with E-state index in [4.69, 9.17) is 0 Å². The Morgan fingerprint density at radius 3 is 2.75 bits per heavy atom. The monoisotopic (exact) mass is 276 g/mol. The van der Waals surface area contributed by atoms with Gasteiger partial charge in [0.2, 0.25) is 0 Å². The third-order valence-corrected chi connectivity index (χ3v) is 3.54. The average Bonchev–Trinajstić information content (AvgIpc) is 2.81. The molecule has 0 unspecified atom stereocenters. The maximum absolute atomic E-state index is 4.38. The normalized spacial score (nSPS) is 15.9. The summed E-state index contributed by atoms with van der Waals surface area (Å²) in [6.07, 6.45) is 4.47. The van der Waals surface area contributed by atoms with Crippen LogP contribution in [0.2, 0.25) is 0 Å². The summed E-state index contributed by atoms with van der Waals surface area (Å²) in [7, 11) is 0. The summed E-state index contributed by atoms with van der Waals surface area (Å²) < 4.78 is 1.04. The zero-order valence-corrected chi connectivity index (χ0v) is 10.6. The van der Waals surface area contributed by atoms with Crippen LogP contribution in [0.25, 0.3) is 10.9 Å². The molecule has 3 rings (SSSR count). The molecule has 82 valence electrons. The maximum Gasteiger partial charge on any atom is 0.0704 e. The van der Waals surface area contributed by atoms with Gasteiger partial charge in [-0.1, -0.05) is 0 Å². The lowest BCUT2D eigenvalue weighted by Crippen LogP contribution is -2.17. The highest BCUT2D eigenvalue weighted by Crippen LogP contribution is 2.25. The summed E-state index contributed by atoms with van der Waals surface area (Å²) in [6.45, 7) is 2.37. The number of aromatic nitrogens is 1. The van der Waals surface area contributed by atoms with Crippen LogP contribution in [-0.4, -0.2) is 18.1 Å². The molecule has 0 spiro atoms. The third-order valence-electron chi connectivity index (χ3n) is 3.10. The van der Waals surface area contributed by atoms with E-state index < -0.39 is 0 Å². The van der Waals surface area contributed by atoms with Crippen molar-refractivity contribution in [3.8, 4) is 0 Å². The molecule has 0 amide bonds. The van der Waals surface area contributed by atoms with Gasteiger partial charge >= 0.3 is 0 Å². The molecular formula is C13H13BrN2. The van der Waals surface area contributed by atoms with Gasteiger partial charge in [0.25, 0.3) is 0 Å². The average molecular weight is 277 g/mol. The molecule has 1 aromatic carbocycles. The quantitative estimate of drug-likeness (QED) is 0.791. The summed E-state index contributed by atoms with van der Waals surface area (Å²) in [5.41, 5.74) is 2.39. The smallest absolute Gasteiger partial charge is 0.0704 e. The second kappa shape index (κ2) is 4.06. The van der Waals surface area contributed by atoms with Crippen LogP contribution in [-0.2, 0) is 0 Å².